The Kier molecular flexibility index (Phi) is 8.84. The van der Waals surface area contributed by atoms with E-state index in [9.17, 15) is 0 Å². The zero-order valence-corrected chi connectivity index (χ0v) is 37.7. The second-order valence-corrected chi connectivity index (χ2v) is 18.3. The van der Waals surface area contributed by atoms with Crippen molar-refractivity contribution < 1.29 is 4.42 Å². The largest absolute Gasteiger partial charge is 0.455 e. The topological polar surface area (TPSA) is 16.4 Å². The van der Waals surface area contributed by atoms with E-state index >= 15 is 0 Å². The molecule has 0 saturated heterocycles. The Morgan fingerprint density at radius 3 is 1.62 bits per heavy atom. The Labute approximate surface area is 400 Å². The van der Waals surface area contributed by atoms with Crippen molar-refractivity contribution in [3.63, 3.8) is 0 Å². The average molecular weight is 878 g/mol. The van der Waals surface area contributed by atoms with Gasteiger partial charge in [0.05, 0.1) is 11.1 Å². The highest BCUT2D eigenvalue weighted by atomic mass is 16.3. The van der Waals surface area contributed by atoms with Crippen molar-refractivity contribution >= 4 is 71.3 Å². The van der Waals surface area contributed by atoms with Crippen LogP contribution in [0.1, 0.15) is 22.3 Å². The molecule has 0 unspecified atom stereocenters. The maximum Gasteiger partial charge on any atom is 0.143 e. The summed E-state index contributed by atoms with van der Waals surface area (Å²) < 4.78 is 7.32. The Bertz CT molecular complexity index is 4090. The van der Waals surface area contributed by atoms with E-state index < -0.39 is 5.41 Å². The molecule has 322 valence electrons. The van der Waals surface area contributed by atoms with Gasteiger partial charge in [0.2, 0.25) is 0 Å². The Morgan fingerprint density at radius 1 is 0.319 bits per heavy atom. The molecule has 13 aromatic rings. The number of benzene rings is 12. The number of rotatable bonds is 7. The summed E-state index contributed by atoms with van der Waals surface area (Å²) in [6.07, 6.45) is 0. The van der Waals surface area contributed by atoms with E-state index in [1.807, 2.05) is 0 Å². The molecule has 2 heteroatoms. The smallest absolute Gasteiger partial charge is 0.143 e. The average Bonchev–Trinajstić information content (AvgIpc) is 3.93. The Hall–Kier alpha value is -8.98. The molecule has 0 aliphatic heterocycles. The maximum absolute atomic E-state index is 7.32. The first-order chi connectivity index (χ1) is 34.2. The third-order valence-electron chi connectivity index (χ3n) is 14.7. The van der Waals surface area contributed by atoms with Crippen LogP contribution in [-0.4, -0.2) is 0 Å². The highest BCUT2D eigenvalue weighted by molar-refractivity contribution is 6.23. The minimum atomic E-state index is -0.552. The summed E-state index contributed by atoms with van der Waals surface area (Å²) in [5.74, 6) is 0. The van der Waals surface area contributed by atoms with Gasteiger partial charge < -0.3 is 9.32 Å². The zero-order chi connectivity index (χ0) is 45.5. The van der Waals surface area contributed by atoms with Crippen LogP contribution >= 0.6 is 0 Å². The van der Waals surface area contributed by atoms with Crippen LogP contribution in [0.25, 0.3) is 87.6 Å². The molecule has 14 rings (SSSR count). The minimum absolute atomic E-state index is 0.552. The summed E-state index contributed by atoms with van der Waals surface area (Å²) in [4.78, 5) is 2.44. The molecule has 1 aliphatic rings. The summed E-state index contributed by atoms with van der Waals surface area (Å²) in [6.45, 7) is 0. The molecular weight excluding hydrogens is 835 g/mol. The number of furan rings is 1. The third kappa shape index (κ3) is 5.92. The van der Waals surface area contributed by atoms with Crippen LogP contribution in [0.4, 0.5) is 17.1 Å². The van der Waals surface area contributed by atoms with Gasteiger partial charge in [-0.15, -0.1) is 0 Å². The van der Waals surface area contributed by atoms with Gasteiger partial charge in [0.15, 0.2) is 0 Å². The normalized spacial score (nSPS) is 12.8. The SMILES string of the molecule is c1ccc(-c2ccccc2N(c2ccc3c(c2)C(c2ccccc2)(c2ccccc2)c2ccccc2-3)c2ccc3c(c2)oc2c(-c4cc5ccccc5c5ccccc45)c4ccccc4cc23)cc1. The van der Waals surface area contributed by atoms with Crippen LogP contribution in [0.2, 0.25) is 0 Å². The summed E-state index contributed by atoms with van der Waals surface area (Å²) in [5, 5.41) is 9.43. The van der Waals surface area contributed by atoms with Gasteiger partial charge in [-0.25, -0.2) is 0 Å². The second kappa shape index (κ2) is 15.6. The second-order valence-electron chi connectivity index (χ2n) is 18.3. The third-order valence-corrected chi connectivity index (χ3v) is 14.7. The van der Waals surface area contributed by atoms with Crippen molar-refractivity contribution in [3.05, 3.63) is 283 Å². The number of fused-ring (bicyclic) bond motifs is 10. The maximum atomic E-state index is 7.32. The number of anilines is 3. The molecule has 69 heavy (non-hydrogen) atoms. The van der Waals surface area contributed by atoms with E-state index in [0.29, 0.717) is 0 Å². The van der Waals surface area contributed by atoms with Gasteiger partial charge in [-0.3, -0.25) is 0 Å². The Morgan fingerprint density at radius 2 is 0.870 bits per heavy atom. The van der Waals surface area contributed by atoms with Crippen LogP contribution in [0.5, 0.6) is 0 Å². The molecule has 1 aliphatic carbocycles. The van der Waals surface area contributed by atoms with Gasteiger partial charge in [-0.05, 0) is 119 Å². The standard InChI is InChI=1S/C67H43NO/c1-4-20-44(21-5-1)52-29-17-19-35-63(52)68(49-36-38-57-56-33-16-18-34-61(56)67(62(57)42-49,47-24-6-2-7-25-47)48-26-8-3-9-27-48)50-37-39-58-60-41-46-23-11-13-30-53(46)65(66(60)69-64(58)43-50)59-40-45-22-10-12-28-51(45)54-31-14-15-32-55(54)59/h1-43H. The summed E-state index contributed by atoms with van der Waals surface area (Å²) in [5.41, 5.74) is 16.4. The number of nitrogens with zero attached hydrogens (tertiary/aromatic N) is 1. The lowest BCUT2D eigenvalue weighted by Crippen LogP contribution is -2.28. The molecule has 0 fully saturated rings. The highest BCUT2D eigenvalue weighted by Crippen LogP contribution is 2.58. The first kappa shape index (κ1) is 39.2. The minimum Gasteiger partial charge on any atom is -0.455 e. The molecule has 2 nitrogen and oxygen atoms in total. The molecule has 0 N–H and O–H groups in total. The lowest BCUT2D eigenvalue weighted by atomic mass is 9.67. The van der Waals surface area contributed by atoms with Crippen molar-refractivity contribution in [2.75, 3.05) is 4.90 Å². The lowest BCUT2D eigenvalue weighted by Gasteiger charge is -2.35. The lowest BCUT2D eigenvalue weighted by molar-refractivity contribution is 0.670. The van der Waals surface area contributed by atoms with Gasteiger partial charge in [0.1, 0.15) is 11.2 Å². The van der Waals surface area contributed by atoms with Crippen molar-refractivity contribution in [3.8, 4) is 33.4 Å². The molecule has 1 aromatic heterocycles. The predicted octanol–water partition coefficient (Wildman–Crippen LogP) is 18.2. The molecule has 0 bridgehead atoms. The molecule has 0 atom stereocenters. The van der Waals surface area contributed by atoms with E-state index in [1.54, 1.807) is 0 Å². The quantitative estimate of drug-likeness (QED) is 0.148. The van der Waals surface area contributed by atoms with Gasteiger partial charge in [0.25, 0.3) is 0 Å². The van der Waals surface area contributed by atoms with Crippen LogP contribution in [-0.2, 0) is 5.41 Å². The summed E-state index contributed by atoms with van der Waals surface area (Å²) in [7, 11) is 0. The zero-order valence-electron chi connectivity index (χ0n) is 37.7. The van der Waals surface area contributed by atoms with E-state index in [4.69, 9.17) is 4.42 Å². The van der Waals surface area contributed by atoms with Crippen LogP contribution in [0.15, 0.2) is 265 Å². The van der Waals surface area contributed by atoms with Gasteiger partial charge in [-0.1, -0.05) is 212 Å². The molecule has 0 saturated carbocycles. The molecule has 0 spiro atoms. The van der Waals surface area contributed by atoms with Crippen LogP contribution in [0, 0.1) is 0 Å². The van der Waals surface area contributed by atoms with Crippen LogP contribution in [0.3, 0.4) is 0 Å². The molecule has 1 heterocycles. The molecule has 12 aromatic carbocycles. The molecular formula is C67H43NO. The first-order valence-electron chi connectivity index (χ1n) is 23.8. The van der Waals surface area contributed by atoms with Gasteiger partial charge >= 0.3 is 0 Å². The fourth-order valence-corrected chi connectivity index (χ4v) is 11.8. The van der Waals surface area contributed by atoms with Crippen molar-refractivity contribution in [1.82, 2.24) is 0 Å². The van der Waals surface area contributed by atoms with Crippen LogP contribution < -0.4 is 4.90 Å². The van der Waals surface area contributed by atoms with E-state index in [2.05, 4.69) is 266 Å². The van der Waals surface area contributed by atoms with E-state index in [-0.39, 0.29) is 0 Å². The van der Waals surface area contributed by atoms with Crippen molar-refractivity contribution in [2.45, 2.75) is 5.41 Å². The predicted molar refractivity (Wildman–Crippen MR) is 289 cm³/mol. The molecule has 0 radical (unpaired) electrons. The molecule has 0 amide bonds. The van der Waals surface area contributed by atoms with E-state index in [0.717, 1.165) is 55.7 Å². The fraction of sp³-hybridized carbons (Fsp3) is 0.0149. The Balaban J connectivity index is 1.04. The van der Waals surface area contributed by atoms with E-state index in [1.165, 1.54) is 71.3 Å². The number of hydrogen-bond acceptors (Lipinski definition) is 2. The summed E-state index contributed by atoms with van der Waals surface area (Å²) >= 11 is 0. The number of hydrogen-bond donors (Lipinski definition) is 0. The van der Waals surface area contributed by atoms with Gasteiger partial charge in [-0.2, -0.15) is 0 Å². The van der Waals surface area contributed by atoms with Crippen molar-refractivity contribution in [1.29, 1.82) is 0 Å². The monoisotopic (exact) mass is 877 g/mol. The number of para-hydroxylation sites is 1. The fourth-order valence-electron chi connectivity index (χ4n) is 11.8. The highest BCUT2D eigenvalue weighted by Gasteiger charge is 2.46. The van der Waals surface area contributed by atoms with Crippen molar-refractivity contribution in [2.24, 2.45) is 0 Å². The first-order valence-corrected chi connectivity index (χ1v) is 23.8. The van der Waals surface area contributed by atoms with Gasteiger partial charge in [0, 0.05) is 39.3 Å². The summed E-state index contributed by atoms with van der Waals surface area (Å²) in [6, 6.07) is 95.5.